The number of carbonyl (C=O) groups is 1. The molecule has 1 heterocycles. The zero-order valence-corrected chi connectivity index (χ0v) is 14.2. The molecule has 0 spiro atoms. The first kappa shape index (κ1) is 19.6. The van der Waals surface area contributed by atoms with Crippen molar-refractivity contribution in [1.29, 1.82) is 0 Å². The van der Waals surface area contributed by atoms with Crippen LogP contribution in [-0.4, -0.2) is 48.1 Å². The first-order valence-electron chi connectivity index (χ1n) is 6.95. The highest BCUT2D eigenvalue weighted by Crippen LogP contribution is 2.25. The van der Waals surface area contributed by atoms with E-state index in [0.29, 0.717) is 25.9 Å². The molecule has 2 unspecified atom stereocenters. The molecule has 23 heavy (non-hydrogen) atoms. The van der Waals surface area contributed by atoms with Crippen molar-refractivity contribution in [3.05, 3.63) is 38.9 Å². The summed E-state index contributed by atoms with van der Waals surface area (Å²) >= 11 is 5.87. The molecule has 0 aliphatic carbocycles. The van der Waals surface area contributed by atoms with E-state index in [2.05, 4.69) is 0 Å². The van der Waals surface area contributed by atoms with E-state index in [1.54, 1.807) is 12.0 Å². The maximum absolute atomic E-state index is 12.6. The van der Waals surface area contributed by atoms with Crippen LogP contribution in [0.3, 0.4) is 0 Å². The van der Waals surface area contributed by atoms with Crippen LogP contribution in [0.4, 0.5) is 5.69 Å². The lowest BCUT2D eigenvalue weighted by atomic mass is 9.98. The second-order valence-corrected chi connectivity index (χ2v) is 5.66. The number of likely N-dealkylation sites (tertiary alicyclic amines) is 1. The summed E-state index contributed by atoms with van der Waals surface area (Å²) in [5.74, 6) is -0.296. The first-order valence-corrected chi connectivity index (χ1v) is 7.33. The van der Waals surface area contributed by atoms with Crippen molar-refractivity contribution in [1.82, 2.24) is 4.90 Å². The Bertz CT molecular complexity index is 585. The molecule has 0 saturated carbocycles. The Labute approximate surface area is 145 Å². The molecular formula is C14H19Cl2N3O4. The number of hydrogen-bond acceptors (Lipinski definition) is 5. The Hall–Kier alpha value is -1.41. The Kier molecular flexibility index (Phi) is 7.21. The summed E-state index contributed by atoms with van der Waals surface area (Å²) in [4.78, 5) is 24.6. The summed E-state index contributed by atoms with van der Waals surface area (Å²) < 4.78 is 5.32. The van der Waals surface area contributed by atoms with Crippen LogP contribution in [0.15, 0.2) is 18.2 Å². The summed E-state index contributed by atoms with van der Waals surface area (Å²) in [6.07, 6.45) is 1.44. The van der Waals surface area contributed by atoms with E-state index in [1.807, 2.05) is 0 Å². The number of hydrogen-bond donors (Lipinski definition) is 1. The van der Waals surface area contributed by atoms with Crippen LogP contribution in [0.2, 0.25) is 5.02 Å². The fourth-order valence-electron chi connectivity index (χ4n) is 2.69. The molecule has 2 atom stereocenters. The van der Waals surface area contributed by atoms with Gasteiger partial charge in [0, 0.05) is 49.0 Å². The van der Waals surface area contributed by atoms with Gasteiger partial charge in [0.25, 0.3) is 11.6 Å². The van der Waals surface area contributed by atoms with Gasteiger partial charge in [-0.25, -0.2) is 0 Å². The lowest BCUT2D eigenvalue weighted by Gasteiger charge is -2.38. The molecule has 1 aliphatic heterocycles. The Balaban J connectivity index is 0.00000264. The number of carbonyl (C=O) groups excluding carboxylic acids is 1. The van der Waals surface area contributed by atoms with Crippen molar-refractivity contribution in [2.24, 2.45) is 5.73 Å². The minimum absolute atomic E-state index is 0. The van der Waals surface area contributed by atoms with Crippen molar-refractivity contribution < 1.29 is 14.5 Å². The van der Waals surface area contributed by atoms with Gasteiger partial charge in [-0.3, -0.25) is 14.9 Å². The monoisotopic (exact) mass is 363 g/mol. The Morgan fingerprint density at radius 1 is 1.52 bits per heavy atom. The average Bonchev–Trinajstić information content (AvgIpc) is 2.52. The highest BCUT2D eigenvalue weighted by Gasteiger charge is 2.32. The van der Waals surface area contributed by atoms with Gasteiger partial charge in [-0.05, 0) is 18.9 Å². The SMILES string of the molecule is COC1CCN(C(=O)c2cc(Cl)cc([N+](=O)[O-])c2)C(CN)C1.Cl. The summed E-state index contributed by atoms with van der Waals surface area (Å²) in [5.41, 5.74) is 5.75. The zero-order valence-electron chi connectivity index (χ0n) is 12.6. The predicted molar refractivity (Wildman–Crippen MR) is 89.3 cm³/mol. The Morgan fingerprint density at radius 3 is 2.78 bits per heavy atom. The number of non-ortho nitro benzene ring substituents is 1. The minimum Gasteiger partial charge on any atom is -0.381 e. The normalized spacial score (nSPS) is 20.7. The van der Waals surface area contributed by atoms with Gasteiger partial charge in [0.15, 0.2) is 0 Å². The van der Waals surface area contributed by atoms with E-state index in [0.717, 1.165) is 0 Å². The number of benzene rings is 1. The van der Waals surface area contributed by atoms with E-state index >= 15 is 0 Å². The third-order valence-corrected chi connectivity index (χ3v) is 4.09. The first-order chi connectivity index (χ1) is 10.5. The highest BCUT2D eigenvalue weighted by atomic mass is 35.5. The van der Waals surface area contributed by atoms with E-state index in [4.69, 9.17) is 22.1 Å². The highest BCUT2D eigenvalue weighted by molar-refractivity contribution is 6.31. The number of nitrogens with zero attached hydrogens (tertiary/aromatic N) is 2. The predicted octanol–water partition coefficient (Wildman–Crippen LogP) is 2.25. The maximum atomic E-state index is 12.6. The number of amides is 1. The van der Waals surface area contributed by atoms with Crippen molar-refractivity contribution in [2.75, 3.05) is 20.2 Å². The molecule has 1 fully saturated rings. The van der Waals surface area contributed by atoms with Crippen LogP contribution in [0.25, 0.3) is 0 Å². The molecule has 0 radical (unpaired) electrons. The van der Waals surface area contributed by atoms with E-state index in [1.165, 1.54) is 18.2 Å². The number of ether oxygens (including phenoxy) is 1. The van der Waals surface area contributed by atoms with Gasteiger partial charge in [-0.2, -0.15) is 0 Å². The maximum Gasteiger partial charge on any atom is 0.271 e. The molecule has 1 aliphatic rings. The third kappa shape index (κ3) is 4.54. The van der Waals surface area contributed by atoms with Crippen LogP contribution in [0.5, 0.6) is 0 Å². The third-order valence-electron chi connectivity index (χ3n) is 3.87. The van der Waals surface area contributed by atoms with E-state index in [9.17, 15) is 14.9 Å². The fraction of sp³-hybridized carbons (Fsp3) is 0.500. The molecular weight excluding hydrogens is 345 g/mol. The van der Waals surface area contributed by atoms with Gasteiger partial charge < -0.3 is 15.4 Å². The zero-order chi connectivity index (χ0) is 16.3. The quantitative estimate of drug-likeness (QED) is 0.653. The number of piperidine rings is 1. The van der Waals surface area contributed by atoms with E-state index in [-0.39, 0.29) is 46.7 Å². The van der Waals surface area contributed by atoms with Gasteiger partial charge in [0.1, 0.15) is 0 Å². The van der Waals surface area contributed by atoms with Crippen LogP contribution < -0.4 is 5.73 Å². The number of nitrogens with two attached hydrogens (primary N) is 1. The van der Waals surface area contributed by atoms with Gasteiger partial charge in [0.2, 0.25) is 0 Å². The standard InChI is InChI=1S/C14H18ClN3O4.ClH/c1-22-13-2-3-17(12(7-13)8-16)14(19)9-4-10(15)6-11(5-9)18(20)21;/h4-6,12-13H,2-3,7-8,16H2,1H3;1H. The number of methoxy groups -OCH3 is 1. The summed E-state index contributed by atoms with van der Waals surface area (Å²) in [6, 6.07) is 3.75. The molecule has 0 aromatic heterocycles. The molecule has 1 aromatic rings. The second kappa shape index (κ2) is 8.44. The summed E-state index contributed by atoms with van der Waals surface area (Å²) in [6.45, 7) is 0.813. The molecule has 128 valence electrons. The average molecular weight is 364 g/mol. The number of rotatable bonds is 4. The lowest BCUT2D eigenvalue weighted by molar-refractivity contribution is -0.384. The van der Waals surface area contributed by atoms with Crippen molar-refractivity contribution in [3.63, 3.8) is 0 Å². The molecule has 7 nitrogen and oxygen atoms in total. The van der Waals surface area contributed by atoms with Gasteiger partial charge in [-0.1, -0.05) is 11.6 Å². The van der Waals surface area contributed by atoms with Gasteiger partial charge in [0.05, 0.1) is 11.0 Å². The minimum atomic E-state index is -0.569. The van der Waals surface area contributed by atoms with Crippen molar-refractivity contribution in [3.8, 4) is 0 Å². The van der Waals surface area contributed by atoms with Crippen LogP contribution in [-0.2, 0) is 4.74 Å². The summed E-state index contributed by atoms with van der Waals surface area (Å²) in [5, 5.41) is 11.1. The largest absolute Gasteiger partial charge is 0.381 e. The molecule has 0 bridgehead atoms. The smallest absolute Gasteiger partial charge is 0.271 e. The number of nitro benzene ring substituents is 1. The number of nitro groups is 1. The van der Waals surface area contributed by atoms with Crippen LogP contribution >= 0.6 is 24.0 Å². The molecule has 1 amide bonds. The molecule has 1 aromatic carbocycles. The molecule has 2 rings (SSSR count). The van der Waals surface area contributed by atoms with Crippen LogP contribution in [0, 0.1) is 10.1 Å². The van der Waals surface area contributed by atoms with Crippen molar-refractivity contribution >= 4 is 35.6 Å². The topological polar surface area (TPSA) is 98.7 Å². The lowest BCUT2D eigenvalue weighted by Crippen LogP contribution is -2.51. The summed E-state index contributed by atoms with van der Waals surface area (Å²) in [7, 11) is 1.63. The van der Waals surface area contributed by atoms with Gasteiger partial charge >= 0.3 is 0 Å². The molecule has 2 N–H and O–H groups in total. The van der Waals surface area contributed by atoms with E-state index < -0.39 is 4.92 Å². The van der Waals surface area contributed by atoms with Crippen LogP contribution in [0.1, 0.15) is 23.2 Å². The van der Waals surface area contributed by atoms with Gasteiger partial charge in [-0.15, -0.1) is 12.4 Å². The fourth-order valence-corrected chi connectivity index (χ4v) is 2.92. The second-order valence-electron chi connectivity index (χ2n) is 5.23. The Morgan fingerprint density at radius 2 is 2.22 bits per heavy atom. The molecule has 1 saturated heterocycles. The van der Waals surface area contributed by atoms with Crippen molar-refractivity contribution in [2.45, 2.75) is 25.0 Å². The number of halogens is 2. The molecule has 9 heteroatoms.